The van der Waals surface area contributed by atoms with E-state index in [9.17, 15) is 14.0 Å². The van der Waals surface area contributed by atoms with Crippen LogP contribution in [0.3, 0.4) is 0 Å². The fourth-order valence-electron chi connectivity index (χ4n) is 2.44. The molecular weight excluding hydrogens is 318 g/mol. The Morgan fingerprint density at radius 3 is 2.24 bits per heavy atom. The van der Waals surface area contributed by atoms with Crippen molar-refractivity contribution in [2.45, 2.75) is 32.9 Å². The number of nitrogens with zero attached hydrogens (tertiary/aromatic N) is 1. The largest absolute Gasteiger partial charge is 0.343 e. The first kappa shape index (κ1) is 16.0. The summed E-state index contributed by atoms with van der Waals surface area (Å²) < 4.78 is 13.3. The summed E-state index contributed by atoms with van der Waals surface area (Å²) in [6, 6.07) is 0.716. The van der Waals surface area contributed by atoms with E-state index in [4.69, 9.17) is 23.2 Å². The van der Waals surface area contributed by atoms with Crippen molar-refractivity contribution in [3.63, 3.8) is 0 Å². The second kappa shape index (κ2) is 5.81. The minimum atomic E-state index is -0.742. The van der Waals surface area contributed by atoms with Crippen LogP contribution in [0.5, 0.6) is 0 Å². The van der Waals surface area contributed by atoms with E-state index in [2.05, 4.69) is 5.32 Å². The monoisotopic (exact) mass is 332 g/mol. The van der Waals surface area contributed by atoms with Gasteiger partial charge in [-0.1, -0.05) is 37.0 Å². The summed E-state index contributed by atoms with van der Waals surface area (Å²) in [6.07, 6.45) is 0. The lowest BCUT2D eigenvalue weighted by molar-refractivity contribution is -0.134. The normalized spacial score (nSPS) is 22.7. The summed E-state index contributed by atoms with van der Waals surface area (Å²) >= 11 is 12.1. The van der Waals surface area contributed by atoms with Crippen molar-refractivity contribution in [3.8, 4) is 0 Å². The maximum absolute atomic E-state index is 13.3. The van der Waals surface area contributed by atoms with Crippen molar-refractivity contribution in [3.05, 3.63) is 28.0 Å². The molecule has 7 heteroatoms. The predicted molar refractivity (Wildman–Crippen MR) is 80.1 cm³/mol. The number of nitrogens with one attached hydrogen (secondary N) is 1. The molecule has 2 rings (SSSR count). The quantitative estimate of drug-likeness (QED) is 0.904. The highest BCUT2D eigenvalue weighted by Crippen LogP contribution is 2.38. The highest BCUT2D eigenvalue weighted by molar-refractivity contribution is 6.40. The van der Waals surface area contributed by atoms with Crippen molar-refractivity contribution < 1.29 is 14.0 Å². The molecule has 0 aromatic heterocycles. The highest BCUT2D eigenvalue weighted by Gasteiger charge is 2.42. The number of halogens is 3. The number of benzene rings is 1. The molecule has 21 heavy (non-hydrogen) atoms. The molecule has 0 bridgehead atoms. The van der Waals surface area contributed by atoms with E-state index in [1.807, 2.05) is 13.8 Å². The smallest absolute Gasteiger partial charge is 0.250 e. The van der Waals surface area contributed by atoms with Gasteiger partial charge >= 0.3 is 0 Å². The summed E-state index contributed by atoms with van der Waals surface area (Å²) in [7, 11) is 0. The number of carbonyl (C=O) groups is 2. The third-order valence-electron chi connectivity index (χ3n) is 3.37. The van der Waals surface area contributed by atoms with Crippen LogP contribution in [0.2, 0.25) is 10.0 Å². The number of anilines is 1. The lowest BCUT2D eigenvalue weighted by Gasteiger charge is -2.40. The number of amides is 2. The van der Waals surface area contributed by atoms with Crippen LogP contribution in [0.25, 0.3) is 0 Å². The third-order valence-corrected chi connectivity index (χ3v) is 3.94. The van der Waals surface area contributed by atoms with Gasteiger partial charge in [0.25, 0.3) is 0 Å². The van der Waals surface area contributed by atoms with Gasteiger partial charge in [-0.05, 0) is 25.0 Å². The molecule has 0 radical (unpaired) electrons. The van der Waals surface area contributed by atoms with Gasteiger partial charge in [0.2, 0.25) is 11.8 Å². The average Bonchev–Trinajstić information content (AvgIpc) is 2.33. The van der Waals surface area contributed by atoms with E-state index in [-0.39, 0.29) is 33.5 Å². The minimum Gasteiger partial charge on any atom is -0.343 e. The molecule has 2 atom stereocenters. The van der Waals surface area contributed by atoms with E-state index < -0.39 is 17.9 Å². The molecule has 1 aromatic carbocycles. The van der Waals surface area contributed by atoms with Gasteiger partial charge in [0.05, 0.1) is 15.7 Å². The van der Waals surface area contributed by atoms with Crippen LogP contribution in [-0.2, 0) is 9.59 Å². The van der Waals surface area contributed by atoms with E-state index in [1.54, 1.807) is 6.92 Å². The van der Waals surface area contributed by atoms with Crippen LogP contribution in [0.4, 0.5) is 10.1 Å². The molecule has 114 valence electrons. The lowest BCUT2D eigenvalue weighted by atomic mass is 9.96. The van der Waals surface area contributed by atoms with Crippen LogP contribution in [-0.4, -0.2) is 23.9 Å². The van der Waals surface area contributed by atoms with Crippen molar-refractivity contribution in [2.75, 3.05) is 4.90 Å². The van der Waals surface area contributed by atoms with E-state index in [1.165, 1.54) is 4.90 Å². The van der Waals surface area contributed by atoms with Gasteiger partial charge in [0, 0.05) is 0 Å². The zero-order valence-corrected chi connectivity index (χ0v) is 13.3. The average molecular weight is 333 g/mol. The molecule has 2 unspecified atom stereocenters. The van der Waals surface area contributed by atoms with Crippen LogP contribution in [0.1, 0.15) is 20.8 Å². The van der Waals surface area contributed by atoms with E-state index in [0.29, 0.717) is 0 Å². The fourth-order valence-corrected chi connectivity index (χ4v) is 3.08. The van der Waals surface area contributed by atoms with Gasteiger partial charge in [0.1, 0.15) is 17.9 Å². The second-order valence-corrected chi connectivity index (χ2v) is 6.16. The number of rotatable bonds is 2. The Labute approximate surface area is 132 Å². The summed E-state index contributed by atoms with van der Waals surface area (Å²) in [6.45, 7) is 5.20. The predicted octanol–water partition coefficient (Wildman–Crippen LogP) is 3.01. The summed E-state index contributed by atoms with van der Waals surface area (Å²) in [5.41, 5.74) is 0.171. The molecule has 0 spiro atoms. The van der Waals surface area contributed by atoms with Gasteiger partial charge in [-0.2, -0.15) is 0 Å². The first-order valence-corrected chi connectivity index (χ1v) is 7.27. The van der Waals surface area contributed by atoms with Crippen molar-refractivity contribution in [2.24, 2.45) is 5.92 Å². The van der Waals surface area contributed by atoms with E-state index >= 15 is 0 Å². The molecule has 1 N–H and O–H groups in total. The molecule has 1 saturated heterocycles. The maximum Gasteiger partial charge on any atom is 0.250 e. The zero-order chi connectivity index (χ0) is 15.9. The van der Waals surface area contributed by atoms with Crippen molar-refractivity contribution in [1.82, 2.24) is 5.32 Å². The fraction of sp³-hybridized carbons (Fsp3) is 0.429. The van der Waals surface area contributed by atoms with Crippen molar-refractivity contribution >= 4 is 40.7 Å². The molecule has 1 aliphatic heterocycles. The molecule has 0 saturated carbocycles. The number of carbonyl (C=O) groups excluding carboxylic acids is 2. The van der Waals surface area contributed by atoms with Gasteiger partial charge in [-0.3, -0.25) is 14.5 Å². The van der Waals surface area contributed by atoms with Crippen molar-refractivity contribution in [1.29, 1.82) is 0 Å². The Hall–Kier alpha value is -1.33. The molecule has 1 aliphatic rings. The Morgan fingerprint density at radius 2 is 1.76 bits per heavy atom. The minimum absolute atomic E-state index is 0.000833. The first-order valence-electron chi connectivity index (χ1n) is 6.52. The molecular formula is C14H15Cl2FN2O2. The van der Waals surface area contributed by atoms with Gasteiger partial charge in [-0.25, -0.2) is 4.39 Å². The lowest BCUT2D eigenvalue weighted by Crippen LogP contribution is -2.64. The second-order valence-electron chi connectivity index (χ2n) is 5.35. The third kappa shape index (κ3) is 2.85. The molecule has 1 heterocycles. The van der Waals surface area contributed by atoms with Gasteiger partial charge in [-0.15, -0.1) is 0 Å². The Kier molecular flexibility index (Phi) is 4.44. The van der Waals surface area contributed by atoms with Gasteiger partial charge in [0.15, 0.2) is 0 Å². The molecule has 4 nitrogen and oxygen atoms in total. The molecule has 0 aliphatic carbocycles. The first-order chi connectivity index (χ1) is 9.73. The van der Waals surface area contributed by atoms with Crippen LogP contribution < -0.4 is 10.2 Å². The summed E-state index contributed by atoms with van der Waals surface area (Å²) in [4.78, 5) is 26.0. The maximum atomic E-state index is 13.3. The topological polar surface area (TPSA) is 49.4 Å². The molecule has 1 aromatic rings. The highest BCUT2D eigenvalue weighted by atomic mass is 35.5. The number of piperazine rings is 1. The Morgan fingerprint density at radius 1 is 1.24 bits per heavy atom. The van der Waals surface area contributed by atoms with Crippen LogP contribution in [0, 0.1) is 11.7 Å². The SMILES string of the molecule is CC1NC(=O)C(C(C)C)N(c2c(Cl)cc(F)cc2Cl)C1=O. The number of hydrogen-bond donors (Lipinski definition) is 1. The Bertz CT molecular complexity index is 584. The van der Waals surface area contributed by atoms with Gasteiger partial charge < -0.3 is 5.32 Å². The summed E-state index contributed by atoms with van der Waals surface area (Å²) in [5.74, 6) is -1.37. The molecule has 2 amide bonds. The molecule has 1 fully saturated rings. The number of hydrogen-bond acceptors (Lipinski definition) is 2. The van der Waals surface area contributed by atoms with E-state index in [0.717, 1.165) is 12.1 Å². The summed E-state index contributed by atoms with van der Waals surface area (Å²) in [5, 5.41) is 2.62. The van der Waals surface area contributed by atoms with Crippen LogP contribution >= 0.6 is 23.2 Å². The zero-order valence-electron chi connectivity index (χ0n) is 11.8. The Balaban J connectivity index is 2.61. The van der Waals surface area contributed by atoms with Crippen LogP contribution in [0.15, 0.2) is 12.1 Å². The standard InChI is InChI=1S/C14H15Cl2FN2O2/c1-6(2)11-13(20)18-7(3)14(21)19(11)12-9(15)4-8(17)5-10(12)16/h4-7,11H,1-3H3,(H,18,20).